The highest BCUT2D eigenvalue weighted by Gasteiger charge is 2.05. The van der Waals surface area contributed by atoms with Gasteiger partial charge in [0.1, 0.15) is 6.33 Å². The first-order valence-electron chi connectivity index (χ1n) is 6.64. The Hall–Kier alpha value is -2.22. The third kappa shape index (κ3) is 4.16. The van der Waals surface area contributed by atoms with Gasteiger partial charge >= 0.3 is 0 Å². The molecule has 0 unspecified atom stereocenters. The zero-order valence-electron chi connectivity index (χ0n) is 11.2. The molecule has 0 radical (unpaired) electrons. The SMILES string of the molecule is Nc1nc(NCCCCCCO)nc(-n2ccnc2)n1. The normalized spacial score (nSPS) is 10.7. The third-order valence-corrected chi connectivity index (χ3v) is 2.74. The lowest BCUT2D eigenvalue weighted by Gasteiger charge is -2.07. The molecule has 0 aliphatic heterocycles. The smallest absolute Gasteiger partial charge is 0.241 e. The molecule has 2 aromatic rings. The molecular formula is C12H19N7O. The summed E-state index contributed by atoms with van der Waals surface area (Å²) in [6, 6.07) is 0. The lowest BCUT2D eigenvalue weighted by atomic mass is 10.2. The van der Waals surface area contributed by atoms with Crippen LogP contribution in [0.15, 0.2) is 18.7 Å². The van der Waals surface area contributed by atoms with Crippen molar-refractivity contribution in [2.24, 2.45) is 0 Å². The number of aliphatic hydroxyl groups excluding tert-OH is 1. The highest BCUT2D eigenvalue weighted by Crippen LogP contribution is 2.07. The van der Waals surface area contributed by atoms with Gasteiger partial charge in [-0.3, -0.25) is 4.57 Å². The van der Waals surface area contributed by atoms with E-state index in [1.54, 1.807) is 23.3 Å². The van der Waals surface area contributed by atoms with E-state index in [1.165, 1.54) is 0 Å². The van der Waals surface area contributed by atoms with Crippen molar-refractivity contribution >= 4 is 11.9 Å². The number of nitrogens with two attached hydrogens (primary N) is 1. The summed E-state index contributed by atoms with van der Waals surface area (Å²) in [4.78, 5) is 16.3. The first kappa shape index (κ1) is 14.2. The molecule has 8 heteroatoms. The number of unbranched alkanes of at least 4 members (excludes halogenated alkanes) is 3. The second-order valence-electron chi connectivity index (χ2n) is 4.35. The first-order valence-corrected chi connectivity index (χ1v) is 6.64. The minimum Gasteiger partial charge on any atom is -0.396 e. The predicted octanol–water partition coefficient (Wildman–Crippen LogP) is 0.604. The zero-order valence-corrected chi connectivity index (χ0v) is 11.2. The van der Waals surface area contributed by atoms with Crippen molar-refractivity contribution in [2.45, 2.75) is 25.7 Å². The molecule has 8 nitrogen and oxygen atoms in total. The van der Waals surface area contributed by atoms with Gasteiger partial charge in [-0.15, -0.1) is 0 Å². The first-order chi connectivity index (χ1) is 9.79. The minimum atomic E-state index is 0.173. The number of hydrogen-bond acceptors (Lipinski definition) is 7. The average Bonchev–Trinajstić information content (AvgIpc) is 2.96. The largest absolute Gasteiger partial charge is 0.396 e. The quantitative estimate of drug-likeness (QED) is 0.605. The standard InChI is InChI=1S/C12H19N7O/c13-10-16-11(15-5-3-1-2-4-8-20)18-12(17-10)19-7-6-14-9-19/h6-7,9,20H,1-5,8H2,(H3,13,15,16,17,18). The van der Waals surface area contributed by atoms with Gasteiger partial charge < -0.3 is 16.2 Å². The summed E-state index contributed by atoms with van der Waals surface area (Å²) >= 11 is 0. The zero-order chi connectivity index (χ0) is 14.2. The molecule has 108 valence electrons. The summed E-state index contributed by atoms with van der Waals surface area (Å²) in [7, 11) is 0. The minimum absolute atomic E-state index is 0.173. The van der Waals surface area contributed by atoms with Crippen molar-refractivity contribution in [1.82, 2.24) is 24.5 Å². The van der Waals surface area contributed by atoms with Gasteiger partial charge in [-0.05, 0) is 12.8 Å². The van der Waals surface area contributed by atoms with Crippen LogP contribution in [0.3, 0.4) is 0 Å². The molecule has 0 aliphatic rings. The number of aromatic nitrogens is 5. The maximum atomic E-state index is 8.69. The molecular weight excluding hydrogens is 258 g/mol. The second-order valence-corrected chi connectivity index (χ2v) is 4.35. The van der Waals surface area contributed by atoms with E-state index in [9.17, 15) is 0 Å². The summed E-state index contributed by atoms with van der Waals surface area (Å²) in [6.45, 7) is 1.02. The number of nitrogens with one attached hydrogen (secondary N) is 1. The van der Waals surface area contributed by atoms with Crippen LogP contribution in [0.25, 0.3) is 5.95 Å². The molecule has 2 rings (SSSR count). The molecule has 0 amide bonds. The van der Waals surface area contributed by atoms with Crippen LogP contribution in [0.4, 0.5) is 11.9 Å². The van der Waals surface area contributed by atoms with Gasteiger partial charge in [-0.2, -0.15) is 15.0 Å². The molecule has 4 N–H and O–H groups in total. The van der Waals surface area contributed by atoms with Gasteiger partial charge in [0.2, 0.25) is 17.8 Å². The average molecular weight is 277 g/mol. The van der Waals surface area contributed by atoms with Crippen LogP contribution < -0.4 is 11.1 Å². The molecule has 0 aromatic carbocycles. The van der Waals surface area contributed by atoms with E-state index in [4.69, 9.17) is 10.8 Å². The number of nitrogens with zero attached hydrogens (tertiary/aromatic N) is 5. The van der Waals surface area contributed by atoms with Crippen LogP contribution in [0.5, 0.6) is 0 Å². The van der Waals surface area contributed by atoms with Crippen molar-refractivity contribution in [1.29, 1.82) is 0 Å². The Morgan fingerprint density at radius 3 is 2.75 bits per heavy atom. The Morgan fingerprint density at radius 1 is 1.15 bits per heavy atom. The highest BCUT2D eigenvalue weighted by molar-refractivity contribution is 5.34. The molecule has 0 aliphatic carbocycles. The monoisotopic (exact) mass is 277 g/mol. The Kier molecular flexibility index (Phi) is 5.24. The van der Waals surface area contributed by atoms with Gasteiger partial charge in [0, 0.05) is 25.5 Å². The topological polar surface area (TPSA) is 115 Å². The number of imidazole rings is 1. The van der Waals surface area contributed by atoms with E-state index >= 15 is 0 Å². The number of anilines is 2. The lowest BCUT2D eigenvalue weighted by molar-refractivity contribution is 0.283. The van der Waals surface area contributed by atoms with E-state index in [-0.39, 0.29) is 12.6 Å². The van der Waals surface area contributed by atoms with Crippen LogP contribution in [0, 0.1) is 0 Å². The highest BCUT2D eigenvalue weighted by atomic mass is 16.2. The molecule has 0 bridgehead atoms. The Balaban J connectivity index is 1.88. The van der Waals surface area contributed by atoms with Gasteiger partial charge in [0.05, 0.1) is 0 Å². The van der Waals surface area contributed by atoms with Crippen LogP contribution in [-0.2, 0) is 0 Å². The van der Waals surface area contributed by atoms with Gasteiger partial charge in [-0.1, -0.05) is 12.8 Å². The van der Waals surface area contributed by atoms with Crippen molar-refractivity contribution in [3.63, 3.8) is 0 Å². The van der Waals surface area contributed by atoms with Gasteiger partial charge in [0.25, 0.3) is 0 Å². The van der Waals surface area contributed by atoms with Crippen LogP contribution >= 0.6 is 0 Å². The predicted molar refractivity (Wildman–Crippen MR) is 75.4 cm³/mol. The third-order valence-electron chi connectivity index (χ3n) is 2.74. The Bertz CT molecular complexity index is 515. The maximum Gasteiger partial charge on any atom is 0.241 e. The summed E-state index contributed by atoms with van der Waals surface area (Å²) in [5, 5.41) is 11.8. The van der Waals surface area contributed by atoms with Gasteiger partial charge in [0.15, 0.2) is 0 Å². The number of aliphatic hydroxyl groups is 1. The number of nitrogen functional groups attached to an aromatic ring is 1. The molecule has 0 fully saturated rings. The van der Waals surface area contributed by atoms with E-state index in [0.29, 0.717) is 11.9 Å². The van der Waals surface area contributed by atoms with Crippen molar-refractivity contribution < 1.29 is 5.11 Å². The second kappa shape index (κ2) is 7.39. The van der Waals surface area contributed by atoms with Gasteiger partial charge in [-0.25, -0.2) is 4.98 Å². The van der Waals surface area contributed by atoms with E-state index in [0.717, 1.165) is 32.2 Å². The van der Waals surface area contributed by atoms with E-state index in [1.807, 2.05) is 0 Å². The Morgan fingerprint density at radius 2 is 2.00 bits per heavy atom. The van der Waals surface area contributed by atoms with Crippen LogP contribution in [0.2, 0.25) is 0 Å². The van der Waals surface area contributed by atoms with Crippen molar-refractivity contribution in [3.05, 3.63) is 18.7 Å². The lowest BCUT2D eigenvalue weighted by Crippen LogP contribution is -2.11. The fourth-order valence-electron chi connectivity index (χ4n) is 1.74. The number of rotatable bonds is 8. The molecule has 0 spiro atoms. The van der Waals surface area contributed by atoms with Crippen molar-refractivity contribution in [3.8, 4) is 5.95 Å². The fraction of sp³-hybridized carbons (Fsp3) is 0.500. The molecule has 2 heterocycles. The van der Waals surface area contributed by atoms with E-state index < -0.39 is 0 Å². The summed E-state index contributed by atoms with van der Waals surface area (Å²) < 4.78 is 1.67. The molecule has 0 saturated carbocycles. The maximum absolute atomic E-state index is 8.69. The fourth-order valence-corrected chi connectivity index (χ4v) is 1.74. The number of hydrogen-bond donors (Lipinski definition) is 3. The van der Waals surface area contributed by atoms with Crippen LogP contribution in [-0.4, -0.2) is 42.8 Å². The molecule has 0 saturated heterocycles. The summed E-state index contributed by atoms with van der Waals surface area (Å²) in [5.41, 5.74) is 5.67. The molecule has 20 heavy (non-hydrogen) atoms. The van der Waals surface area contributed by atoms with E-state index in [2.05, 4.69) is 25.3 Å². The summed E-state index contributed by atoms with van der Waals surface area (Å²) in [6.07, 6.45) is 8.92. The Labute approximate surface area is 117 Å². The van der Waals surface area contributed by atoms with Crippen LogP contribution in [0.1, 0.15) is 25.7 Å². The molecule has 2 aromatic heterocycles. The van der Waals surface area contributed by atoms with Crippen molar-refractivity contribution in [2.75, 3.05) is 24.2 Å². The summed E-state index contributed by atoms with van der Waals surface area (Å²) in [5.74, 6) is 1.08. The molecule has 0 atom stereocenters.